The van der Waals surface area contributed by atoms with Gasteiger partial charge in [-0.2, -0.15) is 0 Å². The Kier molecular flexibility index (Phi) is 3.00. The summed E-state index contributed by atoms with van der Waals surface area (Å²) in [5.74, 6) is 0.0643. The van der Waals surface area contributed by atoms with Crippen molar-refractivity contribution in [2.75, 3.05) is 13.1 Å². The normalized spacial score (nSPS) is 22.8. The Balaban J connectivity index is 1.51. The van der Waals surface area contributed by atoms with Crippen molar-refractivity contribution in [1.82, 2.24) is 14.8 Å². The molecule has 1 atom stereocenters. The van der Waals surface area contributed by atoms with Crippen LogP contribution in [-0.2, 0) is 7.05 Å². The number of nitrogens with one attached hydrogen (secondary N) is 1. The molecule has 2 aliphatic rings. The van der Waals surface area contributed by atoms with Gasteiger partial charge in [-0.05, 0) is 37.5 Å². The molecular weight excluding hydrogens is 262 g/mol. The highest BCUT2D eigenvalue weighted by Gasteiger charge is 2.34. The number of rotatable bonds is 3. The average molecular weight is 283 g/mol. The maximum atomic E-state index is 12.6. The zero-order chi connectivity index (χ0) is 14.4. The van der Waals surface area contributed by atoms with E-state index in [1.807, 2.05) is 31.4 Å². The van der Waals surface area contributed by atoms with Crippen LogP contribution in [0.5, 0.6) is 0 Å². The summed E-state index contributed by atoms with van der Waals surface area (Å²) in [7, 11) is 2.01. The summed E-state index contributed by atoms with van der Waals surface area (Å²) >= 11 is 0. The van der Waals surface area contributed by atoms with Gasteiger partial charge in [-0.3, -0.25) is 9.69 Å². The van der Waals surface area contributed by atoms with E-state index in [-0.39, 0.29) is 5.91 Å². The fourth-order valence-electron chi connectivity index (χ4n) is 3.44. The summed E-state index contributed by atoms with van der Waals surface area (Å²) in [6.45, 7) is 2.15. The molecule has 1 saturated heterocycles. The molecule has 4 rings (SSSR count). The van der Waals surface area contributed by atoms with Gasteiger partial charge < -0.3 is 9.88 Å². The molecule has 0 bridgehead atoms. The molecule has 2 fully saturated rings. The third kappa shape index (κ3) is 2.33. The lowest BCUT2D eigenvalue weighted by molar-refractivity contribution is 0.0939. The number of nitrogens with zero attached hydrogens (tertiary/aromatic N) is 2. The van der Waals surface area contributed by atoms with E-state index in [1.54, 1.807) is 0 Å². The minimum Gasteiger partial charge on any atom is -0.351 e. The predicted octanol–water partition coefficient (Wildman–Crippen LogP) is 2.14. The maximum Gasteiger partial charge on any atom is 0.252 e. The maximum absolute atomic E-state index is 12.6. The van der Waals surface area contributed by atoms with Gasteiger partial charge >= 0.3 is 0 Å². The van der Waals surface area contributed by atoms with Crippen LogP contribution < -0.4 is 5.32 Å². The first-order valence-corrected chi connectivity index (χ1v) is 7.81. The van der Waals surface area contributed by atoms with Crippen LogP contribution in [0.15, 0.2) is 30.5 Å². The SMILES string of the molecule is Cn1ccc2c(C(=O)N[C@H]3CCN(C4CC4)C3)cccc21. The number of fused-ring (bicyclic) bond motifs is 1. The van der Waals surface area contributed by atoms with E-state index in [0.717, 1.165) is 42.0 Å². The molecular formula is C17H21N3O. The van der Waals surface area contributed by atoms with E-state index in [4.69, 9.17) is 0 Å². The van der Waals surface area contributed by atoms with Gasteiger partial charge in [0.2, 0.25) is 0 Å². The van der Waals surface area contributed by atoms with Crippen molar-refractivity contribution in [3.8, 4) is 0 Å². The highest BCUT2D eigenvalue weighted by atomic mass is 16.1. The minimum absolute atomic E-state index is 0.0643. The van der Waals surface area contributed by atoms with Gasteiger partial charge in [-0.25, -0.2) is 0 Å². The largest absolute Gasteiger partial charge is 0.351 e. The van der Waals surface area contributed by atoms with Crippen LogP contribution in [0.25, 0.3) is 10.9 Å². The third-order valence-electron chi connectivity index (χ3n) is 4.79. The van der Waals surface area contributed by atoms with E-state index in [2.05, 4.69) is 20.9 Å². The summed E-state index contributed by atoms with van der Waals surface area (Å²) in [6.07, 6.45) is 5.76. The van der Waals surface area contributed by atoms with Crippen LogP contribution >= 0.6 is 0 Å². The zero-order valence-electron chi connectivity index (χ0n) is 12.4. The van der Waals surface area contributed by atoms with Crippen molar-refractivity contribution in [2.24, 2.45) is 7.05 Å². The molecule has 110 valence electrons. The van der Waals surface area contributed by atoms with E-state index in [0.29, 0.717) is 6.04 Å². The first kappa shape index (κ1) is 12.9. The Labute approximate surface area is 124 Å². The Morgan fingerprint density at radius 1 is 1.24 bits per heavy atom. The third-order valence-corrected chi connectivity index (χ3v) is 4.79. The molecule has 21 heavy (non-hydrogen) atoms. The number of hydrogen-bond donors (Lipinski definition) is 1. The summed E-state index contributed by atoms with van der Waals surface area (Å²) in [5.41, 5.74) is 1.90. The number of carbonyl (C=O) groups excluding carboxylic acids is 1. The molecule has 0 unspecified atom stereocenters. The summed E-state index contributed by atoms with van der Waals surface area (Å²) in [4.78, 5) is 15.1. The summed E-state index contributed by atoms with van der Waals surface area (Å²) in [5, 5.41) is 4.26. The molecule has 1 amide bonds. The van der Waals surface area contributed by atoms with Gasteiger partial charge in [-0.15, -0.1) is 0 Å². The molecule has 1 saturated carbocycles. The van der Waals surface area contributed by atoms with E-state index in [9.17, 15) is 4.79 Å². The number of likely N-dealkylation sites (tertiary alicyclic amines) is 1. The Hall–Kier alpha value is -1.81. The Bertz CT molecular complexity index is 686. The van der Waals surface area contributed by atoms with Crippen LogP contribution in [0, 0.1) is 0 Å². The number of aromatic nitrogens is 1. The van der Waals surface area contributed by atoms with Gasteiger partial charge in [-0.1, -0.05) is 6.07 Å². The molecule has 1 aliphatic heterocycles. The molecule has 4 nitrogen and oxygen atoms in total. The average Bonchev–Trinajstić information content (AvgIpc) is 3.13. The second-order valence-corrected chi connectivity index (χ2v) is 6.35. The number of carbonyl (C=O) groups is 1. The zero-order valence-corrected chi connectivity index (χ0v) is 12.4. The fourth-order valence-corrected chi connectivity index (χ4v) is 3.44. The van der Waals surface area contributed by atoms with Crippen molar-refractivity contribution >= 4 is 16.8 Å². The van der Waals surface area contributed by atoms with Crippen LogP contribution in [0.2, 0.25) is 0 Å². The van der Waals surface area contributed by atoms with Crippen LogP contribution in [0.3, 0.4) is 0 Å². The standard InChI is InChI=1S/C17H21N3O/c1-19-9-8-14-15(3-2-4-16(14)19)17(21)18-12-7-10-20(11-12)13-5-6-13/h2-4,8-9,12-13H,5-7,10-11H2,1H3,(H,18,21)/t12-/m0/s1. The number of benzene rings is 1. The molecule has 4 heteroatoms. The minimum atomic E-state index is 0.0643. The molecule has 1 N–H and O–H groups in total. The molecule has 2 heterocycles. The summed E-state index contributed by atoms with van der Waals surface area (Å²) in [6, 6.07) is 9.06. The molecule has 1 aromatic carbocycles. The van der Waals surface area contributed by atoms with Crippen molar-refractivity contribution in [3.05, 3.63) is 36.0 Å². The monoisotopic (exact) mass is 283 g/mol. The Morgan fingerprint density at radius 2 is 2.10 bits per heavy atom. The first-order valence-electron chi connectivity index (χ1n) is 7.81. The van der Waals surface area contributed by atoms with Crippen molar-refractivity contribution in [3.63, 3.8) is 0 Å². The van der Waals surface area contributed by atoms with Crippen molar-refractivity contribution in [2.45, 2.75) is 31.3 Å². The molecule has 2 aromatic rings. The summed E-state index contributed by atoms with van der Waals surface area (Å²) < 4.78 is 2.05. The van der Waals surface area contributed by atoms with E-state index in [1.165, 1.54) is 12.8 Å². The predicted molar refractivity (Wildman–Crippen MR) is 83.4 cm³/mol. The smallest absolute Gasteiger partial charge is 0.252 e. The van der Waals surface area contributed by atoms with Crippen LogP contribution in [0.1, 0.15) is 29.6 Å². The quantitative estimate of drug-likeness (QED) is 0.937. The lowest BCUT2D eigenvalue weighted by atomic mass is 10.1. The van der Waals surface area contributed by atoms with Crippen molar-refractivity contribution in [1.29, 1.82) is 0 Å². The number of aryl methyl sites for hydroxylation is 1. The highest BCUT2D eigenvalue weighted by Crippen LogP contribution is 2.30. The molecule has 1 aliphatic carbocycles. The van der Waals surface area contributed by atoms with Gasteiger partial charge in [0.05, 0.1) is 0 Å². The number of amides is 1. The van der Waals surface area contributed by atoms with E-state index < -0.39 is 0 Å². The molecule has 0 radical (unpaired) electrons. The van der Waals surface area contributed by atoms with Crippen LogP contribution in [-0.4, -0.2) is 40.5 Å². The highest BCUT2D eigenvalue weighted by molar-refractivity contribution is 6.06. The molecule has 0 spiro atoms. The van der Waals surface area contributed by atoms with Gasteiger partial charge in [0.1, 0.15) is 0 Å². The lowest BCUT2D eigenvalue weighted by Crippen LogP contribution is -2.37. The van der Waals surface area contributed by atoms with Gasteiger partial charge in [0.25, 0.3) is 5.91 Å². The van der Waals surface area contributed by atoms with Crippen molar-refractivity contribution < 1.29 is 4.79 Å². The Morgan fingerprint density at radius 3 is 2.90 bits per heavy atom. The fraction of sp³-hybridized carbons (Fsp3) is 0.471. The second-order valence-electron chi connectivity index (χ2n) is 6.35. The van der Waals surface area contributed by atoms with E-state index >= 15 is 0 Å². The topological polar surface area (TPSA) is 37.3 Å². The lowest BCUT2D eigenvalue weighted by Gasteiger charge is -2.16. The van der Waals surface area contributed by atoms with Gasteiger partial charge in [0.15, 0.2) is 0 Å². The number of hydrogen-bond acceptors (Lipinski definition) is 2. The van der Waals surface area contributed by atoms with Crippen LogP contribution in [0.4, 0.5) is 0 Å². The molecule has 1 aromatic heterocycles. The van der Waals surface area contributed by atoms with Gasteiger partial charge in [0, 0.05) is 54.9 Å². The first-order chi connectivity index (χ1) is 10.2. The second kappa shape index (κ2) is 4.88.